The van der Waals surface area contributed by atoms with Gasteiger partial charge in [0.1, 0.15) is 11.3 Å². The molecule has 0 radical (unpaired) electrons. The van der Waals surface area contributed by atoms with Crippen LogP contribution in [-0.4, -0.2) is 49.1 Å². The predicted octanol–water partition coefficient (Wildman–Crippen LogP) is 1.73. The molecule has 2 amide bonds. The van der Waals surface area contributed by atoms with Crippen LogP contribution in [0, 0.1) is 0 Å². The first-order chi connectivity index (χ1) is 11.5. The molecular formula is C18H26N2O4. The first-order valence-corrected chi connectivity index (χ1v) is 8.31. The van der Waals surface area contributed by atoms with Crippen molar-refractivity contribution >= 4 is 11.8 Å². The summed E-state index contributed by atoms with van der Waals surface area (Å²) in [5, 5.41) is 2.85. The van der Waals surface area contributed by atoms with Crippen molar-refractivity contribution in [3.8, 4) is 5.75 Å². The number of benzene rings is 1. The number of hydrogen-bond donors (Lipinski definition) is 1. The van der Waals surface area contributed by atoms with Crippen LogP contribution in [0.1, 0.15) is 32.3 Å². The van der Waals surface area contributed by atoms with Gasteiger partial charge in [0.25, 0.3) is 0 Å². The van der Waals surface area contributed by atoms with E-state index in [-0.39, 0.29) is 11.8 Å². The average molecular weight is 334 g/mol. The fraction of sp³-hybridized carbons (Fsp3) is 0.556. The first kappa shape index (κ1) is 18.3. The Balaban J connectivity index is 2.17. The molecule has 6 heteroatoms. The largest absolute Gasteiger partial charge is 0.494 e. The van der Waals surface area contributed by atoms with Crippen molar-refractivity contribution in [3.63, 3.8) is 0 Å². The van der Waals surface area contributed by atoms with Crippen LogP contribution in [0.5, 0.6) is 5.75 Å². The molecule has 0 spiro atoms. The molecule has 24 heavy (non-hydrogen) atoms. The fourth-order valence-corrected chi connectivity index (χ4v) is 2.95. The Morgan fingerprint density at radius 3 is 2.83 bits per heavy atom. The topological polar surface area (TPSA) is 67.9 Å². The van der Waals surface area contributed by atoms with Crippen molar-refractivity contribution in [3.05, 3.63) is 29.8 Å². The Morgan fingerprint density at radius 1 is 1.38 bits per heavy atom. The molecule has 1 aliphatic rings. The molecule has 1 N–H and O–H groups in total. The third-order valence-corrected chi connectivity index (χ3v) is 4.40. The van der Waals surface area contributed by atoms with Gasteiger partial charge in [-0.15, -0.1) is 0 Å². The number of amides is 2. The molecule has 1 unspecified atom stereocenters. The molecular weight excluding hydrogens is 308 g/mol. The smallest absolute Gasteiger partial charge is 0.245 e. The number of nitrogens with zero attached hydrogens (tertiary/aromatic N) is 1. The van der Waals surface area contributed by atoms with Gasteiger partial charge < -0.3 is 19.7 Å². The summed E-state index contributed by atoms with van der Waals surface area (Å²) < 4.78 is 10.6. The molecule has 0 saturated carbocycles. The van der Waals surface area contributed by atoms with E-state index in [2.05, 4.69) is 5.32 Å². The summed E-state index contributed by atoms with van der Waals surface area (Å²) in [5.74, 6) is 0.604. The summed E-state index contributed by atoms with van der Waals surface area (Å²) in [5.41, 5.74) is 0.0648. The number of likely N-dealkylation sites (tertiary alicyclic amines) is 1. The molecule has 1 aliphatic heterocycles. The third kappa shape index (κ3) is 3.87. The number of carbonyl (C=O) groups is 2. The molecule has 6 nitrogen and oxygen atoms in total. The highest BCUT2D eigenvalue weighted by Crippen LogP contribution is 2.33. The quantitative estimate of drug-likeness (QED) is 0.735. The molecule has 0 aromatic heterocycles. The third-order valence-electron chi connectivity index (χ3n) is 4.40. The van der Waals surface area contributed by atoms with Gasteiger partial charge in [0.15, 0.2) is 0 Å². The number of carbonyl (C=O) groups excluding carboxylic acids is 2. The van der Waals surface area contributed by atoms with Gasteiger partial charge in [-0.25, -0.2) is 0 Å². The number of hydrogen-bond acceptors (Lipinski definition) is 4. The van der Waals surface area contributed by atoms with Crippen LogP contribution >= 0.6 is 0 Å². The van der Waals surface area contributed by atoms with Crippen LogP contribution < -0.4 is 10.1 Å². The van der Waals surface area contributed by atoms with Crippen LogP contribution in [0.2, 0.25) is 0 Å². The maximum atomic E-state index is 12.6. The van der Waals surface area contributed by atoms with Crippen LogP contribution in [0.15, 0.2) is 24.3 Å². The van der Waals surface area contributed by atoms with E-state index in [1.54, 1.807) is 12.0 Å². The van der Waals surface area contributed by atoms with Gasteiger partial charge in [0, 0.05) is 25.6 Å². The van der Waals surface area contributed by atoms with E-state index >= 15 is 0 Å². The number of ether oxygens (including phenoxy) is 2. The Labute approximate surface area is 143 Å². The molecule has 0 aliphatic carbocycles. The zero-order chi connectivity index (χ0) is 17.6. The lowest BCUT2D eigenvalue weighted by Gasteiger charge is -2.34. The summed E-state index contributed by atoms with van der Waals surface area (Å²) >= 11 is 0. The standard InChI is InChI=1S/C18H26N2O4/c1-4-24-15-8-6-5-7-14(15)13-20-16(21)9-10-18(20,2)17(22)19-11-12-23-3/h5-8H,4,9-13H2,1-3H3,(H,19,22). The Kier molecular flexibility index (Phi) is 6.20. The van der Waals surface area contributed by atoms with E-state index in [9.17, 15) is 9.59 Å². The second-order valence-corrected chi connectivity index (χ2v) is 6.04. The van der Waals surface area contributed by atoms with Crippen LogP contribution in [0.3, 0.4) is 0 Å². The van der Waals surface area contributed by atoms with E-state index in [1.165, 1.54) is 0 Å². The molecule has 1 aromatic rings. The lowest BCUT2D eigenvalue weighted by atomic mass is 9.97. The van der Waals surface area contributed by atoms with E-state index < -0.39 is 5.54 Å². The normalized spacial score (nSPS) is 20.3. The minimum absolute atomic E-state index is 0.00862. The van der Waals surface area contributed by atoms with Gasteiger partial charge in [-0.3, -0.25) is 9.59 Å². The van der Waals surface area contributed by atoms with Crippen molar-refractivity contribution < 1.29 is 19.1 Å². The second kappa shape index (κ2) is 8.15. The molecule has 2 rings (SSSR count). The van der Waals surface area contributed by atoms with Crippen LogP contribution in [-0.2, 0) is 20.9 Å². The highest BCUT2D eigenvalue weighted by molar-refractivity contribution is 5.94. The Bertz CT molecular complexity index is 590. The predicted molar refractivity (Wildman–Crippen MR) is 90.7 cm³/mol. The van der Waals surface area contributed by atoms with Gasteiger partial charge in [-0.05, 0) is 26.3 Å². The number of methoxy groups -OCH3 is 1. The summed E-state index contributed by atoms with van der Waals surface area (Å²) in [6.07, 6.45) is 0.895. The zero-order valence-electron chi connectivity index (χ0n) is 14.6. The molecule has 1 saturated heterocycles. The van der Waals surface area contributed by atoms with Gasteiger partial charge in [0.05, 0.1) is 19.8 Å². The number of rotatable bonds is 8. The monoisotopic (exact) mass is 334 g/mol. The fourth-order valence-electron chi connectivity index (χ4n) is 2.95. The summed E-state index contributed by atoms with van der Waals surface area (Å²) in [6.45, 7) is 5.54. The van der Waals surface area contributed by atoms with E-state index in [0.29, 0.717) is 39.1 Å². The molecule has 132 valence electrons. The van der Waals surface area contributed by atoms with Crippen molar-refractivity contribution in [2.24, 2.45) is 0 Å². The molecule has 1 fully saturated rings. The van der Waals surface area contributed by atoms with Gasteiger partial charge >= 0.3 is 0 Å². The minimum atomic E-state index is -0.843. The Morgan fingerprint density at radius 2 is 2.12 bits per heavy atom. The minimum Gasteiger partial charge on any atom is -0.494 e. The SMILES string of the molecule is CCOc1ccccc1CN1C(=O)CCC1(C)C(=O)NCCOC. The Hall–Kier alpha value is -2.08. The van der Waals surface area contributed by atoms with E-state index in [1.807, 2.05) is 38.1 Å². The highest BCUT2D eigenvalue weighted by Gasteiger charge is 2.47. The molecule has 1 heterocycles. The summed E-state index contributed by atoms with van der Waals surface area (Å²) in [4.78, 5) is 26.6. The molecule has 1 atom stereocenters. The van der Waals surface area contributed by atoms with E-state index in [4.69, 9.17) is 9.47 Å². The molecule has 1 aromatic carbocycles. The van der Waals surface area contributed by atoms with Crippen molar-refractivity contribution in [1.29, 1.82) is 0 Å². The maximum Gasteiger partial charge on any atom is 0.245 e. The van der Waals surface area contributed by atoms with Crippen molar-refractivity contribution in [2.75, 3.05) is 26.9 Å². The summed E-state index contributed by atoms with van der Waals surface area (Å²) in [7, 11) is 1.59. The maximum absolute atomic E-state index is 12.6. The lowest BCUT2D eigenvalue weighted by Crippen LogP contribution is -2.54. The van der Waals surface area contributed by atoms with Gasteiger partial charge in [-0.2, -0.15) is 0 Å². The highest BCUT2D eigenvalue weighted by atomic mass is 16.5. The van der Waals surface area contributed by atoms with Crippen LogP contribution in [0.25, 0.3) is 0 Å². The second-order valence-electron chi connectivity index (χ2n) is 6.04. The number of nitrogens with one attached hydrogen (secondary N) is 1. The lowest BCUT2D eigenvalue weighted by molar-refractivity contribution is -0.141. The summed E-state index contributed by atoms with van der Waals surface area (Å²) in [6, 6.07) is 7.63. The average Bonchev–Trinajstić information content (AvgIpc) is 2.86. The molecule has 0 bridgehead atoms. The van der Waals surface area contributed by atoms with E-state index in [0.717, 1.165) is 11.3 Å². The van der Waals surface area contributed by atoms with Gasteiger partial charge in [0.2, 0.25) is 11.8 Å². The zero-order valence-corrected chi connectivity index (χ0v) is 14.6. The van der Waals surface area contributed by atoms with Gasteiger partial charge in [-0.1, -0.05) is 18.2 Å². The van der Waals surface area contributed by atoms with Crippen molar-refractivity contribution in [1.82, 2.24) is 10.2 Å². The van der Waals surface area contributed by atoms with Crippen LogP contribution in [0.4, 0.5) is 0 Å². The van der Waals surface area contributed by atoms with Crippen molar-refractivity contribution in [2.45, 2.75) is 38.8 Å². The first-order valence-electron chi connectivity index (χ1n) is 8.31. The number of para-hydroxylation sites is 1.